The summed E-state index contributed by atoms with van der Waals surface area (Å²) in [6.07, 6.45) is -3.93. The van der Waals surface area contributed by atoms with Gasteiger partial charge in [-0.2, -0.15) is 0 Å². The standard InChI is InChI=1S/C32H30O14/c1-12-9-18(35)23-24(38)22-17(34)8-6-15(26(22)46-32(23,27(12)39)30(41)43-4)14-5-7-16(33)21-19(36)11-31(29(40)42-3,45-25(14)21)28-13(2)10-20(37)44-28/h5-8,12-13,27-28,33-34,38-39H,9-11H2,1-4H3/t12-,13-,27+,28+,31-,32+/m0/s1. The number of aromatic hydroxyl groups is 2. The number of carbonyl (C=O) groups is 5. The van der Waals surface area contributed by atoms with Crippen molar-refractivity contribution in [1.82, 2.24) is 0 Å². The van der Waals surface area contributed by atoms with Crippen LogP contribution >= 0.6 is 0 Å². The van der Waals surface area contributed by atoms with Crippen molar-refractivity contribution in [3.63, 3.8) is 0 Å². The van der Waals surface area contributed by atoms with Gasteiger partial charge in [-0.25, -0.2) is 9.59 Å². The minimum atomic E-state index is -2.56. The summed E-state index contributed by atoms with van der Waals surface area (Å²) < 4.78 is 27.9. The molecule has 1 saturated heterocycles. The fourth-order valence-corrected chi connectivity index (χ4v) is 7.00. The number of fused-ring (bicyclic) bond motifs is 3. The average Bonchev–Trinajstić information content (AvgIpc) is 3.36. The minimum Gasteiger partial charge on any atom is -0.507 e. The molecule has 0 aromatic heterocycles. The zero-order chi connectivity index (χ0) is 33.5. The van der Waals surface area contributed by atoms with E-state index in [9.17, 15) is 44.4 Å². The monoisotopic (exact) mass is 638 g/mol. The van der Waals surface area contributed by atoms with Crippen LogP contribution in [0.25, 0.3) is 16.9 Å². The number of ketones is 2. The van der Waals surface area contributed by atoms with Crippen LogP contribution in [0, 0.1) is 11.8 Å². The van der Waals surface area contributed by atoms with Crippen LogP contribution in [0.15, 0.2) is 29.8 Å². The van der Waals surface area contributed by atoms with Gasteiger partial charge < -0.3 is 44.1 Å². The number of aliphatic hydroxyl groups is 2. The molecule has 2 fully saturated rings. The van der Waals surface area contributed by atoms with Crippen molar-refractivity contribution < 1.29 is 68.1 Å². The second-order valence-electron chi connectivity index (χ2n) is 12.0. The molecule has 46 heavy (non-hydrogen) atoms. The summed E-state index contributed by atoms with van der Waals surface area (Å²) in [5.41, 5.74) is -6.18. The molecule has 14 nitrogen and oxygen atoms in total. The highest BCUT2D eigenvalue weighted by atomic mass is 16.6. The summed E-state index contributed by atoms with van der Waals surface area (Å²) >= 11 is 0. The van der Waals surface area contributed by atoms with Crippen LogP contribution in [0.1, 0.15) is 49.0 Å². The fourth-order valence-electron chi connectivity index (χ4n) is 7.00. The highest BCUT2D eigenvalue weighted by molar-refractivity contribution is 6.13. The van der Waals surface area contributed by atoms with Gasteiger partial charge in [-0.1, -0.05) is 13.8 Å². The number of hydrogen-bond acceptors (Lipinski definition) is 14. The van der Waals surface area contributed by atoms with Crippen molar-refractivity contribution >= 4 is 35.2 Å². The lowest BCUT2D eigenvalue weighted by atomic mass is 9.69. The van der Waals surface area contributed by atoms with Gasteiger partial charge in [-0.3, -0.25) is 14.4 Å². The first-order valence-electron chi connectivity index (χ1n) is 14.4. The first kappa shape index (κ1) is 30.9. The van der Waals surface area contributed by atoms with Gasteiger partial charge in [0.1, 0.15) is 46.0 Å². The van der Waals surface area contributed by atoms with Crippen LogP contribution < -0.4 is 9.47 Å². The zero-order valence-electron chi connectivity index (χ0n) is 25.1. The molecule has 0 unspecified atom stereocenters. The van der Waals surface area contributed by atoms with E-state index in [2.05, 4.69) is 0 Å². The van der Waals surface area contributed by atoms with Crippen LogP contribution in [0.3, 0.4) is 0 Å². The molecule has 2 aromatic rings. The molecule has 0 amide bonds. The van der Waals surface area contributed by atoms with E-state index in [0.717, 1.165) is 20.3 Å². The topological polar surface area (TPSA) is 212 Å². The Morgan fingerprint density at radius 1 is 0.804 bits per heavy atom. The number of Topliss-reactive ketones (excluding diaryl/α,β-unsaturated/α-hetero) is 2. The molecule has 0 spiro atoms. The molecule has 2 aromatic carbocycles. The predicted molar refractivity (Wildman–Crippen MR) is 153 cm³/mol. The lowest BCUT2D eigenvalue weighted by molar-refractivity contribution is -0.177. The summed E-state index contributed by atoms with van der Waals surface area (Å²) in [6, 6.07) is 4.88. The molecule has 1 saturated carbocycles. The Balaban J connectivity index is 1.63. The Kier molecular flexibility index (Phi) is 7.04. The van der Waals surface area contributed by atoms with E-state index in [1.165, 1.54) is 25.1 Å². The van der Waals surface area contributed by atoms with Crippen molar-refractivity contribution in [2.75, 3.05) is 14.2 Å². The van der Waals surface area contributed by atoms with E-state index >= 15 is 0 Å². The van der Waals surface area contributed by atoms with Crippen LogP contribution in [0.2, 0.25) is 0 Å². The smallest absolute Gasteiger partial charge is 0.358 e. The van der Waals surface area contributed by atoms with Gasteiger partial charge in [-0.15, -0.1) is 0 Å². The van der Waals surface area contributed by atoms with Crippen molar-refractivity contribution in [3.8, 4) is 34.1 Å². The number of cyclic esters (lactones) is 1. The first-order valence-corrected chi connectivity index (χ1v) is 14.4. The Labute approximate surface area is 261 Å². The summed E-state index contributed by atoms with van der Waals surface area (Å²) in [6.45, 7) is 3.14. The number of phenols is 2. The number of phenolic OH excluding ortho intramolecular Hbond substituents is 2. The lowest BCUT2D eigenvalue weighted by Gasteiger charge is -2.45. The fraction of sp³-hybridized carbons (Fsp3) is 0.406. The predicted octanol–water partition coefficient (Wildman–Crippen LogP) is 2.14. The zero-order valence-corrected chi connectivity index (χ0v) is 25.1. The largest absolute Gasteiger partial charge is 0.507 e. The van der Waals surface area contributed by atoms with Gasteiger partial charge in [0.25, 0.3) is 5.60 Å². The van der Waals surface area contributed by atoms with Gasteiger partial charge in [-0.05, 0) is 30.2 Å². The molecule has 242 valence electrons. The van der Waals surface area contributed by atoms with Crippen molar-refractivity contribution in [2.45, 2.75) is 56.5 Å². The van der Waals surface area contributed by atoms with Crippen molar-refractivity contribution in [2.24, 2.45) is 11.8 Å². The van der Waals surface area contributed by atoms with Gasteiger partial charge >= 0.3 is 17.9 Å². The molecule has 3 heterocycles. The van der Waals surface area contributed by atoms with Crippen LogP contribution in [-0.4, -0.2) is 87.5 Å². The summed E-state index contributed by atoms with van der Waals surface area (Å²) in [5.74, 6) is -8.44. The van der Waals surface area contributed by atoms with Gasteiger partial charge in [0, 0.05) is 23.5 Å². The Morgan fingerprint density at radius 3 is 1.96 bits per heavy atom. The maximum Gasteiger partial charge on any atom is 0.358 e. The minimum absolute atomic E-state index is 0.0386. The number of hydrogen-bond donors (Lipinski definition) is 4. The highest BCUT2D eigenvalue weighted by Gasteiger charge is 2.64. The molecule has 4 N–H and O–H groups in total. The molecular weight excluding hydrogens is 608 g/mol. The third-order valence-corrected chi connectivity index (χ3v) is 9.14. The third-order valence-electron chi connectivity index (χ3n) is 9.14. The second-order valence-corrected chi connectivity index (χ2v) is 12.0. The highest BCUT2D eigenvalue weighted by Crippen LogP contribution is 2.56. The van der Waals surface area contributed by atoms with Gasteiger partial charge in [0.05, 0.1) is 32.6 Å². The number of ether oxygens (including phenoxy) is 5. The van der Waals surface area contributed by atoms with Crippen molar-refractivity contribution in [1.29, 1.82) is 0 Å². The molecule has 4 aliphatic rings. The normalized spacial score (nSPS) is 29.9. The summed E-state index contributed by atoms with van der Waals surface area (Å²) in [4.78, 5) is 65.9. The third kappa shape index (κ3) is 4.02. The van der Waals surface area contributed by atoms with E-state index in [1.54, 1.807) is 6.92 Å². The SMILES string of the molecule is COC(=O)[C@@]12Oc3c(-c4ccc(O)c5c4O[C@](C(=O)OC)([C@@H]4OC(=O)C[C@@H]4C)CC5=O)ccc(O)c3C(O)=C1C(=O)C[C@H](C)[C@H]2O. The molecule has 6 rings (SSSR count). The lowest BCUT2D eigenvalue weighted by Crippen LogP contribution is -2.64. The summed E-state index contributed by atoms with van der Waals surface area (Å²) in [7, 11) is 2.07. The van der Waals surface area contributed by atoms with E-state index in [4.69, 9.17) is 23.7 Å². The Bertz CT molecular complexity index is 1770. The second kappa shape index (κ2) is 10.5. The molecule has 6 atom stereocenters. The molecular formula is C32H30O14. The van der Waals surface area contributed by atoms with Crippen molar-refractivity contribution in [3.05, 3.63) is 41.0 Å². The number of benzene rings is 2. The number of methoxy groups -OCH3 is 2. The van der Waals surface area contributed by atoms with E-state index < -0.39 is 105 Å². The average molecular weight is 639 g/mol. The molecule has 1 aliphatic carbocycles. The number of rotatable bonds is 4. The Hall–Kier alpha value is -5.11. The van der Waals surface area contributed by atoms with Crippen LogP contribution in [-0.2, 0) is 33.4 Å². The summed E-state index contributed by atoms with van der Waals surface area (Å²) in [5, 5.41) is 44.5. The Morgan fingerprint density at radius 2 is 1.39 bits per heavy atom. The number of carbonyl (C=O) groups excluding carboxylic acids is 5. The maximum atomic E-state index is 13.7. The van der Waals surface area contributed by atoms with Crippen LogP contribution in [0.5, 0.6) is 23.0 Å². The van der Waals surface area contributed by atoms with Gasteiger partial charge in [0.15, 0.2) is 17.7 Å². The molecule has 14 heteroatoms. The van der Waals surface area contributed by atoms with E-state index in [-0.39, 0.29) is 35.3 Å². The van der Waals surface area contributed by atoms with E-state index in [0.29, 0.717) is 0 Å². The maximum absolute atomic E-state index is 13.7. The quantitative estimate of drug-likeness (QED) is 0.279. The number of aliphatic hydroxyl groups excluding tert-OH is 2. The first-order chi connectivity index (χ1) is 21.7. The van der Waals surface area contributed by atoms with Gasteiger partial charge in [0.2, 0.25) is 5.60 Å². The molecule has 0 radical (unpaired) electrons. The molecule has 0 bridgehead atoms. The molecule has 3 aliphatic heterocycles. The van der Waals surface area contributed by atoms with Crippen LogP contribution in [0.4, 0.5) is 0 Å². The van der Waals surface area contributed by atoms with E-state index in [1.807, 2.05) is 0 Å². The number of esters is 3.